The van der Waals surface area contributed by atoms with Gasteiger partial charge >= 0.3 is 0 Å². The Morgan fingerprint density at radius 1 is 1.24 bits per heavy atom. The third-order valence-electron chi connectivity index (χ3n) is 8.54. The highest BCUT2D eigenvalue weighted by atomic mass is 16.5. The average molecular weight is 571 g/mol. The number of imidazole rings is 1. The number of aromatic nitrogens is 4. The molecular formula is C30H38N10O2. The van der Waals surface area contributed by atoms with Gasteiger partial charge in [0.15, 0.2) is 11.5 Å². The molecule has 2 fully saturated rings. The number of piperidine rings is 1. The molecule has 0 saturated carbocycles. The van der Waals surface area contributed by atoms with Gasteiger partial charge in [0.2, 0.25) is 5.95 Å². The molecule has 1 atom stereocenters. The standard InChI is InChI=1S/C30H38N10O2/c1-5-24-27-23(13-31)34-17-39(27)25-14-33-30(37-28(25)40(24)18(2)3)36-22-7-6-19(12-26(22)42-4)29(41)35-20-15-38(16-20)21-8-10-32-11-9-21/h6-7,12,14,17-18,20-21,24,32H,5,8-11,15-16H2,1-4H3,(H,35,41)(H,33,36,37)/t24-/m1/s1. The van der Waals surface area contributed by atoms with Crippen LogP contribution >= 0.6 is 0 Å². The molecule has 220 valence electrons. The number of nitriles is 1. The topological polar surface area (TPSA) is 136 Å². The largest absolute Gasteiger partial charge is 0.495 e. The van der Waals surface area contributed by atoms with Crippen molar-refractivity contribution in [1.29, 1.82) is 5.26 Å². The van der Waals surface area contributed by atoms with Crippen LogP contribution in [0.3, 0.4) is 0 Å². The molecule has 1 aromatic carbocycles. The summed E-state index contributed by atoms with van der Waals surface area (Å²) in [6.07, 6.45) is 6.55. The van der Waals surface area contributed by atoms with Crippen LogP contribution in [0.5, 0.6) is 5.75 Å². The van der Waals surface area contributed by atoms with Gasteiger partial charge in [-0.05, 0) is 64.4 Å². The third-order valence-corrected chi connectivity index (χ3v) is 8.54. The molecule has 12 heteroatoms. The van der Waals surface area contributed by atoms with E-state index in [9.17, 15) is 10.1 Å². The smallest absolute Gasteiger partial charge is 0.251 e. The number of rotatable bonds is 8. The van der Waals surface area contributed by atoms with Crippen LogP contribution in [-0.4, -0.2) is 81.7 Å². The van der Waals surface area contributed by atoms with E-state index >= 15 is 0 Å². The van der Waals surface area contributed by atoms with Gasteiger partial charge < -0.3 is 25.6 Å². The number of nitrogens with zero attached hydrogens (tertiary/aromatic N) is 7. The summed E-state index contributed by atoms with van der Waals surface area (Å²) in [6.45, 7) is 10.3. The first kappa shape index (κ1) is 27.9. The highest BCUT2D eigenvalue weighted by Crippen LogP contribution is 2.42. The van der Waals surface area contributed by atoms with Crippen LogP contribution in [0.1, 0.15) is 67.8 Å². The van der Waals surface area contributed by atoms with Crippen LogP contribution in [0, 0.1) is 11.3 Å². The molecule has 2 aromatic heterocycles. The molecule has 3 aromatic rings. The van der Waals surface area contributed by atoms with Gasteiger partial charge in [0, 0.05) is 30.7 Å². The van der Waals surface area contributed by atoms with Crippen molar-refractivity contribution in [2.24, 2.45) is 0 Å². The first-order chi connectivity index (χ1) is 20.4. The van der Waals surface area contributed by atoms with Crippen LogP contribution in [0.25, 0.3) is 5.69 Å². The molecule has 12 nitrogen and oxygen atoms in total. The number of benzene rings is 1. The Kier molecular flexibility index (Phi) is 7.70. The van der Waals surface area contributed by atoms with Crippen LogP contribution in [0.2, 0.25) is 0 Å². The van der Waals surface area contributed by atoms with E-state index < -0.39 is 0 Å². The van der Waals surface area contributed by atoms with Crippen LogP contribution < -0.4 is 25.6 Å². The number of anilines is 3. The number of methoxy groups -OCH3 is 1. The number of carbonyl (C=O) groups is 1. The number of carbonyl (C=O) groups excluding carboxylic acids is 1. The Labute approximate surface area is 246 Å². The second kappa shape index (κ2) is 11.6. The number of hydrogen-bond donors (Lipinski definition) is 3. The van der Waals surface area contributed by atoms with Crippen molar-refractivity contribution < 1.29 is 9.53 Å². The molecule has 3 aliphatic rings. The number of amides is 1. The predicted octanol–water partition coefficient (Wildman–Crippen LogP) is 3.13. The van der Waals surface area contributed by atoms with Crippen LogP contribution in [0.4, 0.5) is 17.5 Å². The summed E-state index contributed by atoms with van der Waals surface area (Å²) in [5, 5.41) is 19.5. The van der Waals surface area contributed by atoms with Crippen molar-refractivity contribution in [1.82, 2.24) is 35.1 Å². The number of fused-ring (bicyclic) bond motifs is 3. The lowest BCUT2D eigenvalue weighted by Crippen LogP contribution is -2.63. The maximum Gasteiger partial charge on any atom is 0.251 e. The number of nitrogens with one attached hydrogen (secondary N) is 3. The van der Waals surface area contributed by atoms with E-state index in [2.05, 4.69) is 62.6 Å². The monoisotopic (exact) mass is 570 g/mol. The van der Waals surface area contributed by atoms with Gasteiger partial charge in [-0.25, -0.2) is 9.97 Å². The minimum Gasteiger partial charge on any atom is -0.495 e. The summed E-state index contributed by atoms with van der Waals surface area (Å²) in [6, 6.07) is 8.44. The highest BCUT2D eigenvalue weighted by molar-refractivity contribution is 5.95. The molecule has 0 radical (unpaired) electrons. The Morgan fingerprint density at radius 2 is 2.02 bits per heavy atom. The van der Waals surface area contributed by atoms with Gasteiger partial charge in [0.1, 0.15) is 23.8 Å². The summed E-state index contributed by atoms with van der Waals surface area (Å²) in [5.74, 6) is 1.58. The fourth-order valence-corrected chi connectivity index (χ4v) is 6.41. The highest BCUT2D eigenvalue weighted by Gasteiger charge is 2.36. The van der Waals surface area contributed by atoms with Crippen molar-refractivity contribution in [2.75, 3.05) is 43.5 Å². The lowest BCUT2D eigenvalue weighted by Gasteiger charge is -2.45. The minimum atomic E-state index is -0.106. The van der Waals surface area contributed by atoms with E-state index in [0.717, 1.165) is 49.8 Å². The Morgan fingerprint density at radius 3 is 2.71 bits per heavy atom. The fraction of sp³-hybridized carbons (Fsp3) is 0.500. The zero-order valence-corrected chi connectivity index (χ0v) is 24.6. The third kappa shape index (κ3) is 5.03. The van der Waals surface area contributed by atoms with Gasteiger partial charge in [-0.3, -0.25) is 14.3 Å². The molecule has 3 N–H and O–H groups in total. The first-order valence-corrected chi connectivity index (χ1v) is 14.8. The summed E-state index contributed by atoms with van der Waals surface area (Å²) in [4.78, 5) is 31.6. The lowest BCUT2D eigenvalue weighted by atomic mass is 9.98. The van der Waals surface area contributed by atoms with E-state index in [1.165, 1.54) is 12.8 Å². The quantitative estimate of drug-likeness (QED) is 0.371. The van der Waals surface area contributed by atoms with E-state index in [0.29, 0.717) is 34.7 Å². The average Bonchev–Trinajstić information content (AvgIpc) is 3.42. The molecule has 6 rings (SSSR count). The Hall–Kier alpha value is -4.21. The molecule has 5 heterocycles. The lowest BCUT2D eigenvalue weighted by molar-refractivity contribution is 0.0532. The molecule has 2 saturated heterocycles. The van der Waals surface area contributed by atoms with E-state index in [1.54, 1.807) is 31.8 Å². The first-order valence-electron chi connectivity index (χ1n) is 14.8. The summed E-state index contributed by atoms with van der Waals surface area (Å²) < 4.78 is 7.58. The molecule has 1 amide bonds. The predicted molar refractivity (Wildman–Crippen MR) is 160 cm³/mol. The fourth-order valence-electron chi connectivity index (χ4n) is 6.41. The number of ether oxygens (including phenoxy) is 1. The minimum absolute atomic E-state index is 0.0489. The van der Waals surface area contributed by atoms with Crippen LogP contribution in [0.15, 0.2) is 30.7 Å². The van der Waals surface area contributed by atoms with Crippen molar-refractivity contribution >= 4 is 23.4 Å². The van der Waals surface area contributed by atoms with Crippen molar-refractivity contribution in [3.05, 3.63) is 47.7 Å². The van der Waals surface area contributed by atoms with Crippen LogP contribution in [-0.2, 0) is 0 Å². The maximum atomic E-state index is 13.0. The Balaban J connectivity index is 1.19. The molecule has 0 unspecified atom stereocenters. The second-order valence-corrected chi connectivity index (χ2v) is 11.4. The summed E-state index contributed by atoms with van der Waals surface area (Å²) in [5.41, 5.74) is 3.26. The molecular weight excluding hydrogens is 532 g/mol. The number of hydrogen-bond acceptors (Lipinski definition) is 10. The summed E-state index contributed by atoms with van der Waals surface area (Å²) >= 11 is 0. The van der Waals surface area contributed by atoms with Gasteiger partial charge in [-0.2, -0.15) is 10.2 Å². The molecule has 3 aliphatic heterocycles. The zero-order chi connectivity index (χ0) is 29.4. The normalized spacial score (nSPS) is 19.0. The van der Waals surface area contributed by atoms with Crippen molar-refractivity contribution in [2.45, 2.75) is 64.2 Å². The second-order valence-electron chi connectivity index (χ2n) is 11.4. The number of likely N-dealkylation sites (tertiary alicyclic amines) is 1. The van der Waals surface area contributed by atoms with Crippen molar-refractivity contribution in [3.8, 4) is 17.5 Å². The Bertz CT molecular complexity index is 1500. The van der Waals surface area contributed by atoms with Gasteiger partial charge in [-0.1, -0.05) is 6.92 Å². The van der Waals surface area contributed by atoms with Gasteiger partial charge in [0.05, 0.1) is 36.8 Å². The van der Waals surface area contributed by atoms with E-state index in [1.807, 2.05) is 10.6 Å². The van der Waals surface area contributed by atoms with Crippen molar-refractivity contribution in [3.63, 3.8) is 0 Å². The molecule has 0 aliphatic carbocycles. The SMILES string of the molecule is CC[C@@H]1c2c(C#N)ncn2-c2cnc(Nc3ccc(C(=O)NC4CN(C5CCNCC5)C4)cc3OC)nc2N1C(C)C. The van der Waals surface area contributed by atoms with Gasteiger partial charge in [-0.15, -0.1) is 0 Å². The molecule has 42 heavy (non-hydrogen) atoms. The zero-order valence-electron chi connectivity index (χ0n) is 24.6. The maximum absolute atomic E-state index is 13.0. The van der Waals surface area contributed by atoms with Gasteiger partial charge in [0.25, 0.3) is 5.91 Å². The molecule has 0 spiro atoms. The van der Waals surface area contributed by atoms with E-state index in [-0.39, 0.29) is 24.0 Å². The van der Waals surface area contributed by atoms with E-state index in [4.69, 9.17) is 9.72 Å². The summed E-state index contributed by atoms with van der Waals surface area (Å²) in [7, 11) is 1.58. The molecule has 0 bridgehead atoms.